The molecule has 0 spiro atoms. The lowest BCUT2D eigenvalue weighted by molar-refractivity contribution is -0.122. The van der Waals surface area contributed by atoms with Gasteiger partial charge in [-0.2, -0.15) is 0 Å². The van der Waals surface area contributed by atoms with Crippen molar-refractivity contribution in [1.29, 1.82) is 0 Å². The molecule has 86 valence electrons. The predicted octanol–water partition coefficient (Wildman–Crippen LogP) is 2.95. The molecule has 1 aliphatic carbocycles. The van der Waals surface area contributed by atoms with Crippen LogP contribution < -0.4 is 0 Å². The standard InChI is InChI=1S/C13H22O2/c1-10-4-6-12(14)9-11(10)5-7-13-3-2-8-15-13/h10-11,13H,2-9H2,1H3. The van der Waals surface area contributed by atoms with Crippen LogP contribution in [-0.4, -0.2) is 18.5 Å². The van der Waals surface area contributed by atoms with Gasteiger partial charge in [-0.3, -0.25) is 4.79 Å². The molecule has 2 aliphatic rings. The third-order valence-corrected chi connectivity index (χ3v) is 4.06. The first-order valence-electron chi connectivity index (χ1n) is 6.39. The van der Waals surface area contributed by atoms with E-state index in [-0.39, 0.29) is 0 Å². The third-order valence-electron chi connectivity index (χ3n) is 4.06. The lowest BCUT2D eigenvalue weighted by Gasteiger charge is -2.28. The van der Waals surface area contributed by atoms with Crippen molar-refractivity contribution < 1.29 is 9.53 Å². The second-order valence-corrected chi connectivity index (χ2v) is 5.23. The SMILES string of the molecule is CC1CCC(=O)CC1CCC1CCCO1. The molecule has 0 aromatic rings. The van der Waals surface area contributed by atoms with Crippen molar-refractivity contribution in [2.24, 2.45) is 11.8 Å². The molecule has 15 heavy (non-hydrogen) atoms. The quantitative estimate of drug-likeness (QED) is 0.716. The fourth-order valence-electron chi connectivity index (χ4n) is 2.88. The number of ether oxygens (including phenoxy) is 1. The molecule has 2 rings (SSSR count). The Morgan fingerprint density at radius 2 is 2.20 bits per heavy atom. The highest BCUT2D eigenvalue weighted by molar-refractivity contribution is 5.79. The van der Waals surface area contributed by atoms with Gasteiger partial charge in [0, 0.05) is 19.4 Å². The number of carbonyl (C=O) groups excluding carboxylic acids is 1. The van der Waals surface area contributed by atoms with Crippen molar-refractivity contribution in [2.45, 2.75) is 58.0 Å². The molecule has 3 atom stereocenters. The van der Waals surface area contributed by atoms with E-state index in [0.29, 0.717) is 17.8 Å². The molecular weight excluding hydrogens is 188 g/mol. The minimum Gasteiger partial charge on any atom is -0.378 e. The van der Waals surface area contributed by atoms with E-state index in [0.717, 1.165) is 31.8 Å². The van der Waals surface area contributed by atoms with Crippen molar-refractivity contribution in [3.8, 4) is 0 Å². The van der Waals surface area contributed by atoms with Gasteiger partial charge in [0.05, 0.1) is 6.10 Å². The zero-order valence-corrected chi connectivity index (χ0v) is 9.71. The number of Topliss-reactive ketones (excluding diaryl/α,β-unsaturated/α-hetero) is 1. The predicted molar refractivity (Wildman–Crippen MR) is 59.7 cm³/mol. The van der Waals surface area contributed by atoms with Crippen molar-refractivity contribution >= 4 is 5.78 Å². The fourth-order valence-corrected chi connectivity index (χ4v) is 2.88. The van der Waals surface area contributed by atoms with Crippen LogP contribution in [0.5, 0.6) is 0 Å². The Kier molecular flexibility index (Phi) is 3.79. The maximum atomic E-state index is 11.4. The van der Waals surface area contributed by atoms with Crippen LogP contribution in [0, 0.1) is 11.8 Å². The first-order chi connectivity index (χ1) is 7.25. The van der Waals surface area contributed by atoms with Gasteiger partial charge in [0.15, 0.2) is 0 Å². The highest BCUT2D eigenvalue weighted by Crippen LogP contribution is 2.32. The van der Waals surface area contributed by atoms with Crippen LogP contribution in [0.2, 0.25) is 0 Å². The first kappa shape index (κ1) is 11.1. The van der Waals surface area contributed by atoms with Crippen LogP contribution in [-0.2, 0) is 9.53 Å². The van der Waals surface area contributed by atoms with E-state index in [4.69, 9.17) is 4.74 Å². The molecule has 2 fully saturated rings. The van der Waals surface area contributed by atoms with Crippen molar-refractivity contribution in [3.05, 3.63) is 0 Å². The number of rotatable bonds is 3. The molecule has 2 nitrogen and oxygen atoms in total. The van der Waals surface area contributed by atoms with E-state index in [1.54, 1.807) is 0 Å². The summed E-state index contributed by atoms with van der Waals surface area (Å²) in [6.07, 6.45) is 8.06. The Morgan fingerprint density at radius 3 is 2.93 bits per heavy atom. The highest BCUT2D eigenvalue weighted by Gasteiger charge is 2.27. The van der Waals surface area contributed by atoms with Gasteiger partial charge in [0.25, 0.3) is 0 Å². The van der Waals surface area contributed by atoms with E-state index < -0.39 is 0 Å². The summed E-state index contributed by atoms with van der Waals surface area (Å²) < 4.78 is 5.62. The average Bonchev–Trinajstić information content (AvgIpc) is 2.72. The summed E-state index contributed by atoms with van der Waals surface area (Å²) in [5, 5.41) is 0. The fraction of sp³-hybridized carbons (Fsp3) is 0.923. The molecule has 1 heterocycles. The molecule has 0 N–H and O–H groups in total. The lowest BCUT2D eigenvalue weighted by Crippen LogP contribution is -2.24. The summed E-state index contributed by atoms with van der Waals surface area (Å²) in [5.41, 5.74) is 0. The van der Waals surface area contributed by atoms with Gasteiger partial charge in [0.2, 0.25) is 0 Å². The topological polar surface area (TPSA) is 26.3 Å². The highest BCUT2D eigenvalue weighted by atomic mass is 16.5. The van der Waals surface area contributed by atoms with Gasteiger partial charge in [0.1, 0.15) is 5.78 Å². The third kappa shape index (κ3) is 3.04. The monoisotopic (exact) mass is 210 g/mol. The summed E-state index contributed by atoms with van der Waals surface area (Å²) in [6.45, 7) is 3.25. The van der Waals surface area contributed by atoms with Crippen molar-refractivity contribution in [1.82, 2.24) is 0 Å². The van der Waals surface area contributed by atoms with E-state index in [9.17, 15) is 4.79 Å². The summed E-state index contributed by atoms with van der Waals surface area (Å²) in [7, 11) is 0. The molecule has 0 radical (unpaired) electrons. The van der Waals surface area contributed by atoms with E-state index in [1.807, 2.05) is 0 Å². The number of ketones is 1. The largest absolute Gasteiger partial charge is 0.378 e. The minimum atomic E-state index is 0.477. The zero-order chi connectivity index (χ0) is 10.7. The average molecular weight is 210 g/mol. The summed E-state index contributed by atoms with van der Waals surface area (Å²) >= 11 is 0. The van der Waals surface area contributed by atoms with E-state index in [2.05, 4.69) is 6.92 Å². The molecule has 2 heteroatoms. The number of hydrogen-bond acceptors (Lipinski definition) is 2. The molecule has 0 bridgehead atoms. The van der Waals surface area contributed by atoms with Gasteiger partial charge in [-0.15, -0.1) is 0 Å². The Bertz CT molecular complexity index is 219. The minimum absolute atomic E-state index is 0.477. The van der Waals surface area contributed by atoms with Crippen LogP contribution in [0.4, 0.5) is 0 Å². The normalized spacial score (nSPS) is 37.1. The summed E-state index contributed by atoms with van der Waals surface area (Å²) in [6, 6.07) is 0. The molecule has 0 aromatic carbocycles. The molecule has 1 aliphatic heterocycles. The zero-order valence-electron chi connectivity index (χ0n) is 9.71. The lowest BCUT2D eigenvalue weighted by atomic mass is 9.77. The van der Waals surface area contributed by atoms with Crippen LogP contribution in [0.1, 0.15) is 51.9 Å². The van der Waals surface area contributed by atoms with E-state index in [1.165, 1.54) is 25.7 Å². The maximum absolute atomic E-state index is 11.4. The molecule has 0 aromatic heterocycles. The van der Waals surface area contributed by atoms with Gasteiger partial charge < -0.3 is 4.74 Å². The molecule has 1 saturated carbocycles. The number of hydrogen-bond donors (Lipinski definition) is 0. The van der Waals surface area contributed by atoms with Gasteiger partial charge in [-0.05, 0) is 43.9 Å². The maximum Gasteiger partial charge on any atom is 0.133 e. The Balaban J connectivity index is 1.74. The Morgan fingerprint density at radius 1 is 1.33 bits per heavy atom. The molecular formula is C13H22O2. The second-order valence-electron chi connectivity index (χ2n) is 5.23. The van der Waals surface area contributed by atoms with Gasteiger partial charge >= 0.3 is 0 Å². The summed E-state index contributed by atoms with van der Waals surface area (Å²) in [4.78, 5) is 11.4. The van der Waals surface area contributed by atoms with Crippen molar-refractivity contribution in [3.63, 3.8) is 0 Å². The summed E-state index contributed by atoms with van der Waals surface area (Å²) in [5.74, 6) is 1.85. The molecule has 1 saturated heterocycles. The second kappa shape index (κ2) is 5.11. The first-order valence-corrected chi connectivity index (χ1v) is 6.39. The Labute approximate surface area is 92.4 Å². The Hall–Kier alpha value is -0.370. The van der Waals surface area contributed by atoms with Crippen molar-refractivity contribution in [2.75, 3.05) is 6.61 Å². The van der Waals surface area contributed by atoms with Crippen LogP contribution in [0.15, 0.2) is 0 Å². The van der Waals surface area contributed by atoms with Gasteiger partial charge in [-0.1, -0.05) is 6.92 Å². The smallest absolute Gasteiger partial charge is 0.133 e. The number of carbonyl (C=O) groups is 1. The van der Waals surface area contributed by atoms with Gasteiger partial charge in [-0.25, -0.2) is 0 Å². The van der Waals surface area contributed by atoms with Crippen LogP contribution in [0.25, 0.3) is 0 Å². The van der Waals surface area contributed by atoms with E-state index >= 15 is 0 Å². The van der Waals surface area contributed by atoms with Crippen LogP contribution >= 0.6 is 0 Å². The molecule has 3 unspecified atom stereocenters. The molecule has 0 amide bonds. The van der Waals surface area contributed by atoms with Crippen LogP contribution in [0.3, 0.4) is 0 Å².